The van der Waals surface area contributed by atoms with Gasteiger partial charge in [0.15, 0.2) is 5.82 Å². The second-order valence-electron chi connectivity index (χ2n) is 5.07. The molecule has 0 spiro atoms. The lowest BCUT2D eigenvalue weighted by molar-refractivity contribution is 0.665. The average Bonchev–Trinajstić information content (AvgIpc) is 2.79. The van der Waals surface area contributed by atoms with Crippen molar-refractivity contribution in [2.75, 3.05) is 11.9 Å². The maximum Gasteiger partial charge on any atom is 0.171 e. The van der Waals surface area contributed by atoms with Crippen molar-refractivity contribution in [2.24, 2.45) is 0 Å². The Morgan fingerprint density at radius 3 is 2.80 bits per heavy atom. The molecule has 106 valence electrons. The van der Waals surface area contributed by atoms with Crippen molar-refractivity contribution in [3.05, 3.63) is 26.7 Å². The van der Waals surface area contributed by atoms with E-state index in [2.05, 4.69) is 41.2 Å². The number of halogens is 1. The molecule has 2 aromatic heterocycles. The molecule has 1 aliphatic carbocycles. The van der Waals surface area contributed by atoms with Crippen LogP contribution in [0, 0.1) is 6.92 Å². The topological polar surface area (TPSA) is 37.8 Å². The standard InChI is InChI=1S/C15H18BrN3S/c1-3-17-14-10-6-4-5-7-12(10)18-15(19-14)13-8-11(16)9(2)20-13/h8H,3-7H2,1-2H3,(H,17,18,19). The number of aryl methyl sites for hydroxylation is 2. The molecule has 2 heterocycles. The Kier molecular flexibility index (Phi) is 4.08. The maximum atomic E-state index is 4.82. The lowest BCUT2D eigenvalue weighted by Crippen LogP contribution is -2.13. The van der Waals surface area contributed by atoms with Gasteiger partial charge in [0.1, 0.15) is 5.82 Å². The summed E-state index contributed by atoms with van der Waals surface area (Å²) in [7, 11) is 0. The fraction of sp³-hybridized carbons (Fsp3) is 0.467. The van der Waals surface area contributed by atoms with Gasteiger partial charge in [0, 0.05) is 27.2 Å². The van der Waals surface area contributed by atoms with E-state index in [1.807, 2.05) is 0 Å². The first-order chi connectivity index (χ1) is 9.69. The molecule has 0 aromatic carbocycles. The number of hydrogen-bond acceptors (Lipinski definition) is 4. The van der Waals surface area contributed by atoms with Crippen LogP contribution in [0.3, 0.4) is 0 Å². The summed E-state index contributed by atoms with van der Waals surface area (Å²) in [5.41, 5.74) is 2.56. The molecule has 5 heteroatoms. The van der Waals surface area contributed by atoms with E-state index in [0.29, 0.717) is 0 Å². The molecule has 0 atom stereocenters. The molecular formula is C15H18BrN3S. The van der Waals surface area contributed by atoms with Gasteiger partial charge in [-0.1, -0.05) is 0 Å². The predicted octanol–water partition coefficient (Wildman–Crippen LogP) is 4.59. The second kappa shape index (κ2) is 5.82. The van der Waals surface area contributed by atoms with E-state index in [0.717, 1.165) is 40.4 Å². The number of rotatable bonds is 3. The third-order valence-electron chi connectivity index (χ3n) is 3.60. The molecule has 0 aliphatic heterocycles. The highest BCUT2D eigenvalue weighted by Gasteiger charge is 2.19. The number of aromatic nitrogens is 2. The molecule has 3 nitrogen and oxygen atoms in total. The predicted molar refractivity (Wildman–Crippen MR) is 88.6 cm³/mol. The van der Waals surface area contributed by atoms with Crippen LogP contribution < -0.4 is 5.32 Å². The summed E-state index contributed by atoms with van der Waals surface area (Å²) in [4.78, 5) is 12.0. The fourth-order valence-corrected chi connectivity index (χ4v) is 4.06. The maximum absolute atomic E-state index is 4.82. The minimum Gasteiger partial charge on any atom is -0.370 e. The minimum absolute atomic E-state index is 0.861. The smallest absolute Gasteiger partial charge is 0.171 e. The van der Waals surface area contributed by atoms with E-state index < -0.39 is 0 Å². The Morgan fingerprint density at radius 1 is 1.30 bits per heavy atom. The van der Waals surface area contributed by atoms with E-state index in [4.69, 9.17) is 9.97 Å². The van der Waals surface area contributed by atoms with E-state index in [1.54, 1.807) is 11.3 Å². The van der Waals surface area contributed by atoms with Gasteiger partial charge in [0.05, 0.1) is 4.88 Å². The summed E-state index contributed by atoms with van der Waals surface area (Å²) in [6.45, 7) is 5.13. The quantitative estimate of drug-likeness (QED) is 0.878. The van der Waals surface area contributed by atoms with Gasteiger partial charge in [-0.2, -0.15) is 0 Å². The Morgan fingerprint density at radius 2 is 2.10 bits per heavy atom. The van der Waals surface area contributed by atoms with Crippen molar-refractivity contribution >= 4 is 33.1 Å². The van der Waals surface area contributed by atoms with Crippen molar-refractivity contribution < 1.29 is 0 Å². The van der Waals surface area contributed by atoms with Gasteiger partial charge in [-0.25, -0.2) is 9.97 Å². The molecule has 0 saturated carbocycles. The molecule has 20 heavy (non-hydrogen) atoms. The summed E-state index contributed by atoms with van der Waals surface area (Å²) in [6, 6.07) is 2.13. The molecule has 0 unspecified atom stereocenters. The number of nitrogens with zero attached hydrogens (tertiary/aromatic N) is 2. The molecule has 1 N–H and O–H groups in total. The van der Waals surface area contributed by atoms with Gasteiger partial charge in [0.2, 0.25) is 0 Å². The van der Waals surface area contributed by atoms with Crippen molar-refractivity contribution in [2.45, 2.75) is 39.5 Å². The van der Waals surface area contributed by atoms with Crippen molar-refractivity contribution in [3.63, 3.8) is 0 Å². The van der Waals surface area contributed by atoms with Crippen molar-refractivity contribution in [3.8, 4) is 10.7 Å². The van der Waals surface area contributed by atoms with Gasteiger partial charge in [-0.3, -0.25) is 0 Å². The van der Waals surface area contributed by atoms with Crippen LogP contribution in [0.2, 0.25) is 0 Å². The van der Waals surface area contributed by atoms with Crippen molar-refractivity contribution in [1.29, 1.82) is 0 Å². The van der Waals surface area contributed by atoms with Gasteiger partial charge < -0.3 is 5.32 Å². The van der Waals surface area contributed by atoms with Crippen molar-refractivity contribution in [1.82, 2.24) is 9.97 Å². The Balaban J connectivity index is 2.09. The van der Waals surface area contributed by atoms with E-state index in [9.17, 15) is 0 Å². The van der Waals surface area contributed by atoms with E-state index in [1.165, 1.54) is 29.0 Å². The first kappa shape index (κ1) is 14.0. The monoisotopic (exact) mass is 351 g/mol. The molecule has 0 radical (unpaired) electrons. The van der Waals surface area contributed by atoms with E-state index in [-0.39, 0.29) is 0 Å². The fourth-order valence-electron chi connectivity index (χ4n) is 2.59. The number of nitrogens with one attached hydrogen (secondary N) is 1. The van der Waals surface area contributed by atoms with Gasteiger partial charge in [0.25, 0.3) is 0 Å². The van der Waals surface area contributed by atoms with Crippen LogP contribution in [-0.4, -0.2) is 16.5 Å². The zero-order valence-corrected chi connectivity index (χ0v) is 14.2. The summed E-state index contributed by atoms with van der Waals surface area (Å²) < 4.78 is 1.14. The zero-order valence-electron chi connectivity index (χ0n) is 11.8. The molecule has 0 bridgehead atoms. The molecule has 1 aliphatic rings. The third kappa shape index (κ3) is 2.61. The zero-order chi connectivity index (χ0) is 14.1. The Labute approximate surface area is 132 Å². The number of hydrogen-bond donors (Lipinski definition) is 1. The van der Waals surface area contributed by atoms with Crippen LogP contribution >= 0.6 is 27.3 Å². The number of thiophene rings is 1. The molecule has 0 fully saturated rings. The van der Waals surface area contributed by atoms with Crippen LogP contribution in [0.25, 0.3) is 10.7 Å². The van der Waals surface area contributed by atoms with Crippen LogP contribution in [0.1, 0.15) is 35.9 Å². The minimum atomic E-state index is 0.861. The summed E-state index contributed by atoms with van der Waals surface area (Å²) in [6.07, 6.45) is 4.67. The van der Waals surface area contributed by atoms with Gasteiger partial charge in [-0.15, -0.1) is 11.3 Å². The van der Waals surface area contributed by atoms with Crippen LogP contribution in [-0.2, 0) is 12.8 Å². The van der Waals surface area contributed by atoms with Crippen LogP contribution in [0.15, 0.2) is 10.5 Å². The third-order valence-corrected chi connectivity index (χ3v) is 5.74. The molecule has 3 rings (SSSR count). The first-order valence-corrected chi connectivity index (χ1v) is 8.70. The van der Waals surface area contributed by atoms with Gasteiger partial charge in [-0.05, 0) is 61.5 Å². The first-order valence-electron chi connectivity index (χ1n) is 7.09. The SMILES string of the molecule is CCNc1nc(-c2cc(Br)c(C)s2)nc2c1CCCC2. The summed E-state index contributed by atoms with van der Waals surface area (Å²) in [5, 5.41) is 3.41. The second-order valence-corrected chi connectivity index (χ2v) is 7.18. The number of anilines is 1. The molecular weight excluding hydrogens is 334 g/mol. The largest absolute Gasteiger partial charge is 0.370 e. The Hall–Kier alpha value is -0.940. The molecule has 0 amide bonds. The van der Waals surface area contributed by atoms with Crippen LogP contribution in [0.4, 0.5) is 5.82 Å². The summed E-state index contributed by atoms with van der Waals surface area (Å²) in [5.74, 6) is 1.90. The van der Waals surface area contributed by atoms with E-state index >= 15 is 0 Å². The normalized spacial score (nSPS) is 14.2. The highest BCUT2D eigenvalue weighted by Crippen LogP contribution is 2.34. The van der Waals surface area contributed by atoms with Gasteiger partial charge >= 0.3 is 0 Å². The lowest BCUT2D eigenvalue weighted by atomic mass is 9.96. The number of fused-ring (bicyclic) bond motifs is 1. The Bertz CT molecular complexity index is 617. The molecule has 2 aromatic rings. The lowest BCUT2D eigenvalue weighted by Gasteiger charge is -2.19. The molecule has 0 saturated heterocycles. The highest BCUT2D eigenvalue weighted by molar-refractivity contribution is 9.10. The summed E-state index contributed by atoms with van der Waals surface area (Å²) >= 11 is 5.32. The highest BCUT2D eigenvalue weighted by atomic mass is 79.9. The van der Waals surface area contributed by atoms with Crippen LogP contribution in [0.5, 0.6) is 0 Å². The average molecular weight is 352 g/mol.